The Bertz CT molecular complexity index is 1120. The predicted molar refractivity (Wildman–Crippen MR) is 105 cm³/mol. The van der Waals surface area contributed by atoms with Crippen LogP contribution in [0.25, 0.3) is 0 Å². The molecule has 20 nitrogen and oxygen atoms in total. The second-order valence-corrected chi connectivity index (χ2v) is 10.6. The number of carbonyl (C=O) groups excluding carboxylic acids is 1. The number of ether oxygens (including phenoxy) is 6. The van der Waals surface area contributed by atoms with Crippen molar-refractivity contribution in [2.75, 3.05) is 34.5 Å². The van der Waals surface area contributed by atoms with Crippen molar-refractivity contribution in [1.82, 2.24) is 0 Å². The van der Waals surface area contributed by atoms with E-state index in [-0.39, 0.29) is 0 Å². The second kappa shape index (κ2) is 13.0. The van der Waals surface area contributed by atoms with Gasteiger partial charge in [0, 0.05) is 21.3 Å². The molecule has 0 aromatic heterocycles. The molecule has 0 aliphatic carbocycles. The number of carbonyl (C=O) groups is 1. The SMILES string of the molecule is COC1C(OS(=O)(=O)[O-])COC(C(=O)[O-])C1OC1OC(COS(=O)(=O)[O-])C(OC)C(OC)C1OS(=O)(=O)[O-]. The van der Waals surface area contributed by atoms with Gasteiger partial charge in [-0.05, 0) is 0 Å². The number of rotatable bonds is 13. The smallest absolute Gasteiger partial charge is 0.218 e. The molecule has 23 heteroatoms. The van der Waals surface area contributed by atoms with Crippen molar-refractivity contribution < 1.29 is 89.8 Å². The third-order valence-corrected chi connectivity index (χ3v) is 6.57. The summed E-state index contributed by atoms with van der Waals surface area (Å²) < 4.78 is 144. The van der Waals surface area contributed by atoms with Gasteiger partial charge in [0.15, 0.2) is 12.4 Å². The molecular weight excluding hydrogens is 596 g/mol. The van der Waals surface area contributed by atoms with Gasteiger partial charge < -0.3 is 52.0 Å². The van der Waals surface area contributed by atoms with Crippen LogP contribution < -0.4 is 5.11 Å². The minimum Gasteiger partial charge on any atom is -0.726 e. The molecule has 38 heavy (non-hydrogen) atoms. The van der Waals surface area contributed by atoms with E-state index in [1.165, 1.54) is 0 Å². The number of hydrogen-bond donors (Lipinski definition) is 0. The summed E-state index contributed by atoms with van der Waals surface area (Å²) in [6, 6.07) is 0. The molecule has 2 aliphatic heterocycles. The van der Waals surface area contributed by atoms with Crippen molar-refractivity contribution >= 4 is 37.2 Å². The molecule has 0 spiro atoms. The fourth-order valence-corrected chi connectivity index (χ4v) is 5.10. The van der Waals surface area contributed by atoms with Crippen molar-refractivity contribution in [3.8, 4) is 0 Å². The Balaban J connectivity index is 2.52. The Hall–Kier alpha value is -1.16. The maximum atomic E-state index is 11.7. The zero-order chi connectivity index (χ0) is 29.1. The van der Waals surface area contributed by atoms with Gasteiger partial charge in [0.2, 0.25) is 31.2 Å². The van der Waals surface area contributed by atoms with Crippen LogP contribution in [0.2, 0.25) is 0 Å². The van der Waals surface area contributed by atoms with Gasteiger partial charge in [0.25, 0.3) is 0 Å². The minimum atomic E-state index is -5.57. The van der Waals surface area contributed by atoms with Gasteiger partial charge in [-0.1, -0.05) is 0 Å². The molecule has 0 saturated carbocycles. The monoisotopic (exact) mass is 618 g/mol. The van der Waals surface area contributed by atoms with Crippen LogP contribution in [-0.2, 0) is 77.0 Å². The lowest BCUT2D eigenvalue weighted by Crippen LogP contribution is -2.66. The highest BCUT2D eigenvalue weighted by Crippen LogP contribution is 2.33. The quantitative estimate of drug-likeness (QED) is 0.137. The molecule has 2 fully saturated rings. The van der Waals surface area contributed by atoms with E-state index in [1.54, 1.807) is 0 Å². The highest BCUT2D eigenvalue weighted by Gasteiger charge is 2.53. The Morgan fingerprint density at radius 1 is 0.789 bits per heavy atom. The van der Waals surface area contributed by atoms with Crippen LogP contribution in [-0.4, -0.2) is 135 Å². The highest BCUT2D eigenvalue weighted by molar-refractivity contribution is 7.81. The normalized spacial score (nSPS) is 35.2. The van der Waals surface area contributed by atoms with Gasteiger partial charge in [-0.3, -0.25) is 12.5 Å². The molecule has 224 valence electrons. The van der Waals surface area contributed by atoms with E-state index in [1.807, 2.05) is 0 Å². The largest absolute Gasteiger partial charge is 0.726 e. The first kappa shape index (κ1) is 33.0. The fourth-order valence-electron chi connectivity index (χ4n) is 3.86. The molecular formula is C15H22O20S3-4. The van der Waals surface area contributed by atoms with Crippen LogP contribution in [0.15, 0.2) is 0 Å². The average molecular weight is 619 g/mol. The molecule has 0 amide bonds. The van der Waals surface area contributed by atoms with Crippen molar-refractivity contribution in [2.45, 2.75) is 55.1 Å². The molecule has 2 rings (SSSR count). The van der Waals surface area contributed by atoms with Crippen molar-refractivity contribution in [3.05, 3.63) is 0 Å². The molecule has 2 heterocycles. The summed E-state index contributed by atoms with van der Waals surface area (Å²) >= 11 is 0. The second-order valence-electron chi connectivity index (χ2n) is 7.52. The Morgan fingerprint density at radius 3 is 1.79 bits per heavy atom. The summed E-state index contributed by atoms with van der Waals surface area (Å²) in [5.41, 5.74) is 0. The first-order valence-corrected chi connectivity index (χ1v) is 14.0. The molecule has 2 saturated heterocycles. The van der Waals surface area contributed by atoms with Crippen LogP contribution in [0, 0.1) is 0 Å². The maximum Gasteiger partial charge on any atom is 0.218 e. The lowest BCUT2D eigenvalue weighted by Gasteiger charge is -2.48. The average Bonchev–Trinajstić information content (AvgIpc) is 2.76. The summed E-state index contributed by atoms with van der Waals surface area (Å²) in [6.45, 7) is -1.90. The molecule has 0 radical (unpaired) electrons. The van der Waals surface area contributed by atoms with Gasteiger partial charge in [0.05, 0.1) is 19.2 Å². The lowest BCUT2D eigenvalue weighted by atomic mass is 9.97. The van der Waals surface area contributed by atoms with E-state index in [9.17, 15) is 48.8 Å². The summed E-state index contributed by atoms with van der Waals surface area (Å²) in [6.07, 6.45) is -16.7. The highest BCUT2D eigenvalue weighted by atomic mass is 32.3. The zero-order valence-corrected chi connectivity index (χ0v) is 21.9. The van der Waals surface area contributed by atoms with E-state index in [0.29, 0.717) is 0 Å². The fraction of sp³-hybridized carbons (Fsp3) is 0.933. The van der Waals surface area contributed by atoms with Gasteiger partial charge in [-0.2, -0.15) is 0 Å². The number of carboxylic acid groups (broad SMARTS) is 1. The molecule has 9 unspecified atom stereocenters. The summed E-state index contributed by atoms with van der Waals surface area (Å²) in [5.74, 6) is -1.96. The Morgan fingerprint density at radius 2 is 1.34 bits per heavy atom. The lowest BCUT2D eigenvalue weighted by molar-refractivity contribution is -0.353. The van der Waals surface area contributed by atoms with Gasteiger partial charge in [0.1, 0.15) is 42.7 Å². The van der Waals surface area contributed by atoms with E-state index < -0.39 is 106 Å². The molecule has 0 N–H and O–H groups in total. The maximum absolute atomic E-state index is 11.7. The van der Waals surface area contributed by atoms with Gasteiger partial charge in [-0.15, -0.1) is 0 Å². The summed E-state index contributed by atoms with van der Waals surface area (Å²) in [7, 11) is -13.3. The molecule has 9 atom stereocenters. The Kier molecular flexibility index (Phi) is 11.3. The topological polar surface area (TPSA) is 295 Å². The van der Waals surface area contributed by atoms with Crippen LogP contribution in [0.1, 0.15) is 0 Å². The first-order valence-electron chi connectivity index (χ1n) is 10.0. The minimum absolute atomic E-state index is 0.830. The van der Waals surface area contributed by atoms with Gasteiger partial charge >= 0.3 is 0 Å². The third-order valence-electron chi connectivity index (χ3n) is 5.21. The number of carboxylic acids is 1. The third kappa shape index (κ3) is 9.20. The standard InChI is InChI=1S/C15H26O20S3/c1-27-8-6(5-31-36(18,19)20)32-15(13(10(8)29-3)35-38(24,25)26)33-11-9(28-2)7(34-37(21,22)23)4-30-12(11)14(16)17/h6-13,15H,4-5H2,1-3H3,(H,16,17)(H,18,19,20)(H,21,22,23)(H,24,25,26)/p-4. The first-order chi connectivity index (χ1) is 17.4. The van der Waals surface area contributed by atoms with Gasteiger partial charge in [-0.25, -0.2) is 25.3 Å². The molecule has 0 aromatic carbocycles. The summed E-state index contributed by atoms with van der Waals surface area (Å²) in [4.78, 5) is 11.7. The summed E-state index contributed by atoms with van der Waals surface area (Å²) in [5, 5.41) is 11.7. The van der Waals surface area contributed by atoms with E-state index in [0.717, 1.165) is 21.3 Å². The van der Waals surface area contributed by atoms with E-state index in [4.69, 9.17) is 28.4 Å². The number of hydrogen-bond acceptors (Lipinski definition) is 20. The number of aliphatic carboxylic acids is 1. The van der Waals surface area contributed by atoms with Crippen molar-refractivity contribution in [2.24, 2.45) is 0 Å². The molecule has 0 bridgehead atoms. The Labute approximate surface area is 216 Å². The van der Waals surface area contributed by atoms with Crippen LogP contribution >= 0.6 is 0 Å². The predicted octanol–water partition coefficient (Wildman–Crippen LogP) is -5.54. The van der Waals surface area contributed by atoms with Crippen molar-refractivity contribution in [3.63, 3.8) is 0 Å². The van der Waals surface area contributed by atoms with Crippen LogP contribution in [0.5, 0.6) is 0 Å². The zero-order valence-electron chi connectivity index (χ0n) is 19.5. The van der Waals surface area contributed by atoms with Crippen LogP contribution in [0.4, 0.5) is 0 Å². The van der Waals surface area contributed by atoms with Crippen LogP contribution in [0.3, 0.4) is 0 Å². The van der Waals surface area contributed by atoms with E-state index >= 15 is 0 Å². The number of methoxy groups -OCH3 is 3. The van der Waals surface area contributed by atoms with E-state index in [2.05, 4.69) is 12.5 Å². The van der Waals surface area contributed by atoms with Crippen molar-refractivity contribution in [1.29, 1.82) is 0 Å². The molecule has 0 aromatic rings. The molecule has 2 aliphatic rings.